The molecule has 1 aliphatic heterocycles. The van der Waals surface area contributed by atoms with E-state index in [1.165, 1.54) is 0 Å². The van der Waals surface area contributed by atoms with Crippen LogP contribution in [0, 0.1) is 0 Å². The second kappa shape index (κ2) is 9.09. The molecule has 0 aromatic heterocycles. The summed E-state index contributed by atoms with van der Waals surface area (Å²) in [6, 6.07) is 0. The van der Waals surface area contributed by atoms with Gasteiger partial charge in [0.2, 0.25) is 0 Å². The predicted molar refractivity (Wildman–Crippen MR) is 58.7 cm³/mol. The highest BCUT2D eigenvalue weighted by Crippen LogP contribution is 2.09. The van der Waals surface area contributed by atoms with Crippen molar-refractivity contribution in [2.75, 3.05) is 13.2 Å². The molecule has 4 heteroatoms. The molecule has 0 radical (unpaired) electrons. The Morgan fingerprint density at radius 2 is 2.07 bits per heavy atom. The van der Waals surface area contributed by atoms with Crippen molar-refractivity contribution >= 4 is 0 Å². The molecule has 1 rings (SSSR count). The van der Waals surface area contributed by atoms with E-state index in [4.69, 9.17) is 20.1 Å². The highest BCUT2D eigenvalue weighted by molar-refractivity contribution is 4.61. The minimum Gasteiger partial charge on any atom is -0.394 e. The SMILES string of the molecule is CCC(O)CC(C)O.OCC1CCCO1. The van der Waals surface area contributed by atoms with Crippen molar-refractivity contribution < 1.29 is 20.1 Å². The molecule has 0 bridgehead atoms. The van der Waals surface area contributed by atoms with Crippen molar-refractivity contribution in [1.82, 2.24) is 0 Å². The molecule has 1 aliphatic rings. The Morgan fingerprint density at radius 1 is 1.40 bits per heavy atom. The zero-order valence-corrected chi connectivity index (χ0v) is 9.72. The zero-order chi connectivity index (χ0) is 11.7. The minimum absolute atomic E-state index is 0.153. The summed E-state index contributed by atoms with van der Waals surface area (Å²) in [5.41, 5.74) is 0. The van der Waals surface area contributed by atoms with E-state index in [9.17, 15) is 0 Å². The maximum atomic E-state index is 8.87. The number of aliphatic hydroxyl groups excluding tert-OH is 3. The highest BCUT2D eigenvalue weighted by atomic mass is 16.5. The van der Waals surface area contributed by atoms with Crippen molar-refractivity contribution in [2.45, 2.75) is 57.8 Å². The lowest BCUT2D eigenvalue weighted by molar-refractivity contribution is 0.0591. The summed E-state index contributed by atoms with van der Waals surface area (Å²) in [4.78, 5) is 0. The summed E-state index contributed by atoms with van der Waals surface area (Å²) >= 11 is 0. The Bertz CT molecular complexity index is 133. The average Bonchev–Trinajstić information content (AvgIpc) is 2.70. The van der Waals surface area contributed by atoms with Gasteiger partial charge in [-0.1, -0.05) is 6.92 Å². The van der Waals surface area contributed by atoms with Crippen molar-refractivity contribution in [1.29, 1.82) is 0 Å². The van der Waals surface area contributed by atoms with E-state index < -0.39 is 0 Å². The molecule has 4 nitrogen and oxygen atoms in total. The van der Waals surface area contributed by atoms with E-state index in [1.807, 2.05) is 6.92 Å². The lowest BCUT2D eigenvalue weighted by Gasteiger charge is -2.08. The molecule has 3 atom stereocenters. The summed E-state index contributed by atoms with van der Waals surface area (Å²) in [6.45, 7) is 4.61. The summed E-state index contributed by atoms with van der Waals surface area (Å²) < 4.78 is 5.05. The first-order chi connectivity index (χ1) is 7.10. The van der Waals surface area contributed by atoms with Crippen molar-refractivity contribution in [2.24, 2.45) is 0 Å². The van der Waals surface area contributed by atoms with Gasteiger partial charge < -0.3 is 20.1 Å². The van der Waals surface area contributed by atoms with Crippen LogP contribution >= 0.6 is 0 Å². The Hall–Kier alpha value is -0.160. The van der Waals surface area contributed by atoms with Crippen LogP contribution in [-0.2, 0) is 4.74 Å². The molecule has 3 N–H and O–H groups in total. The van der Waals surface area contributed by atoms with Crippen LogP contribution in [-0.4, -0.2) is 46.8 Å². The Kier molecular flexibility index (Phi) is 9.00. The fourth-order valence-corrected chi connectivity index (χ4v) is 1.35. The Morgan fingerprint density at radius 3 is 2.27 bits per heavy atom. The van der Waals surface area contributed by atoms with Crippen molar-refractivity contribution in [3.8, 4) is 0 Å². The highest BCUT2D eigenvalue weighted by Gasteiger charge is 2.12. The number of hydrogen-bond donors (Lipinski definition) is 3. The standard InChI is InChI=1S/C6H14O2.C5H10O2/c1-3-6(8)4-5(2)7;6-4-5-2-1-3-7-5/h5-8H,3-4H2,1-2H3;5-6H,1-4H2. The van der Waals surface area contributed by atoms with Gasteiger partial charge in [-0.3, -0.25) is 0 Å². The van der Waals surface area contributed by atoms with Gasteiger partial charge in [0.15, 0.2) is 0 Å². The third-order valence-corrected chi connectivity index (χ3v) is 2.31. The van der Waals surface area contributed by atoms with Crippen LogP contribution in [0.1, 0.15) is 39.5 Å². The smallest absolute Gasteiger partial charge is 0.0806 e. The van der Waals surface area contributed by atoms with Crippen LogP contribution < -0.4 is 0 Å². The van der Waals surface area contributed by atoms with Gasteiger partial charge in [-0.2, -0.15) is 0 Å². The van der Waals surface area contributed by atoms with Gasteiger partial charge in [0.25, 0.3) is 0 Å². The predicted octanol–water partition coefficient (Wildman–Crippen LogP) is 0.686. The first-order valence-electron chi connectivity index (χ1n) is 5.68. The third kappa shape index (κ3) is 8.81. The monoisotopic (exact) mass is 220 g/mol. The normalized spacial score (nSPS) is 24.2. The number of aliphatic hydroxyl groups is 3. The third-order valence-electron chi connectivity index (χ3n) is 2.31. The second-order valence-electron chi connectivity index (χ2n) is 3.96. The fraction of sp³-hybridized carbons (Fsp3) is 1.00. The molecule has 1 saturated heterocycles. The maximum Gasteiger partial charge on any atom is 0.0806 e. The van der Waals surface area contributed by atoms with Gasteiger partial charge in [-0.25, -0.2) is 0 Å². The molecular formula is C11H24O4. The van der Waals surface area contributed by atoms with Gasteiger partial charge in [-0.05, 0) is 32.6 Å². The van der Waals surface area contributed by atoms with Gasteiger partial charge >= 0.3 is 0 Å². The molecule has 3 unspecified atom stereocenters. The minimum atomic E-state index is -0.370. The second-order valence-corrected chi connectivity index (χ2v) is 3.96. The molecule has 1 fully saturated rings. The summed E-state index contributed by atoms with van der Waals surface area (Å²) in [5.74, 6) is 0. The van der Waals surface area contributed by atoms with E-state index in [0.717, 1.165) is 25.9 Å². The molecule has 0 aromatic rings. The topological polar surface area (TPSA) is 69.9 Å². The van der Waals surface area contributed by atoms with Gasteiger partial charge in [0.05, 0.1) is 24.9 Å². The summed E-state index contributed by atoms with van der Waals surface area (Å²) in [7, 11) is 0. The van der Waals surface area contributed by atoms with E-state index in [0.29, 0.717) is 6.42 Å². The van der Waals surface area contributed by atoms with Crippen LogP contribution in [0.4, 0.5) is 0 Å². The Labute approximate surface area is 91.9 Å². The first kappa shape index (κ1) is 14.8. The molecular weight excluding hydrogens is 196 g/mol. The number of hydrogen-bond acceptors (Lipinski definition) is 4. The van der Waals surface area contributed by atoms with Gasteiger partial charge in [0.1, 0.15) is 0 Å². The van der Waals surface area contributed by atoms with E-state index in [-0.39, 0.29) is 24.9 Å². The van der Waals surface area contributed by atoms with Crippen molar-refractivity contribution in [3.63, 3.8) is 0 Å². The largest absolute Gasteiger partial charge is 0.394 e. The summed E-state index contributed by atoms with van der Waals surface area (Å²) in [5, 5.41) is 26.0. The molecule has 0 saturated carbocycles. The lowest BCUT2D eigenvalue weighted by atomic mass is 10.1. The van der Waals surface area contributed by atoms with Crippen LogP contribution in [0.5, 0.6) is 0 Å². The fourth-order valence-electron chi connectivity index (χ4n) is 1.35. The van der Waals surface area contributed by atoms with Gasteiger partial charge in [0, 0.05) is 6.61 Å². The quantitative estimate of drug-likeness (QED) is 0.652. The molecule has 0 aromatic carbocycles. The van der Waals surface area contributed by atoms with Crippen LogP contribution in [0.3, 0.4) is 0 Å². The molecule has 0 spiro atoms. The molecule has 0 amide bonds. The van der Waals surface area contributed by atoms with E-state index in [2.05, 4.69) is 0 Å². The van der Waals surface area contributed by atoms with Crippen LogP contribution in [0.15, 0.2) is 0 Å². The van der Waals surface area contributed by atoms with Crippen molar-refractivity contribution in [3.05, 3.63) is 0 Å². The van der Waals surface area contributed by atoms with E-state index >= 15 is 0 Å². The van der Waals surface area contributed by atoms with Crippen LogP contribution in [0.25, 0.3) is 0 Å². The lowest BCUT2D eigenvalue weighted by Crippen LogP contribution is -2.13. The number of rotatable bonds is 4. The van der Waals surface area contributed by atoms with E-state index in [1.54, 1.807) is 6.92 Å². The zero-order valence-electron chi connectivity index (χ0n) is 9.72. The van der Waals surface area contributed by atoms with Crippen LogP contribution in [0.2, 0.25) is 0 Å². The first-order valence-corrected chi connectivity index (χ1v) is 5.68. The van der Waals surface area contributed by atoms with Gasteiger partial charge in [-0.15, -0.1) is 0 Å². The average molecular weight is 220 g/mol. The molecule has 1 heterocycles. The summed E-state index contributed by atoms with van der Waals surface area (Å²) in [6.07, 6.45) is 2.84. The molecule has 92 valence electrons. The Balaban J connectivity index is 0.000000262. The molecule has 0 aliphatic carbocycles. The molecule has 15 heavy (non-hydrogen) atoms. The maximum absolute atomic E-state index is 8.87. The number of ether oxygens (including phenoxy) is 1.